The molecule has 230 valence electrons. The lowest BCUT2D eigenvalue weighted by Crippen LogP contribution is -2.15. The van der Waals surface area contributed by atoms with Crippen LogP contribution in [0.4, 0.5) is 0 Å². The van der Waals surface area contributed by atoms with E-state index in [1.807, 2.05) is 0 Å². The zero-order chi connectivity index (χ0) is 28.4. The number of hydrogen-bond donors (Lipinski definition) is 4. The third-order valence-electron chi connectivity index (χ3n) is 7.42. The zero-order valence-electron chi connectivity index (χ0n) is 25.5. The highest BCUT2D eigenvalue weighted by Crippen LogP contribution is 2.16. The number of hydrogen-bond acceptors (Lipinski definition) is 4. The summed E-state index contributed by atoms with van der Waals surface area (Å²) in [6.07, 6.45) is 37.0. The molecule has 38 heavy (non-hydrogen) atoms. The van der Waals surface area contributed by atoms with Crippen LogP contribution in [0.2, 0.25) is 0 Å². The largest absolute Gasteiger partial charge is 0.481 e. The van der Waals surface area contributed by atoms with Gasteiger partial charge in [0.05, 0.1) is 13.2 Å². The fraction of sp³-hybridized carbons (Fsp3) is 0.970. The van der Waals surface area contributed by atoms with Crippen molar-refractivity contribution in [3.8, 4) is 0 Å². The van der Waals surface area contributed by atoms with E-state index in [1.165, 1.54) is 161 Å². The van der Waals surface area contributed by atoms with Crippen LogP contribution in [0, 0.1) is 0 Å². The van der Waals surface area contributed by atoms with Gasteiger partial charge in [-0.2, -0.15) is 0 Å². The van der Waals surface area contributed by atoms with Gasteiger partial charge in [-0.25, -0.2) is 0 Å². The van der Waals surface area contributed by atoms with E-state index in [2.05, 4.69) is 6.92 Å². The number of carboxylic acid groups (broad SMARTS) is 1. The molecular formula is C33H68O5. The maximum atomic E-state index is 10.4. The fourth-order valence-electron chi connectivity index (χ4n) is 4.83. The standard InChI is InChI=1S/C30H60O2.C3H8O3/c1-2-3-4-5-6-7-8-9-10-11-12-13-14-15-16-17-18-19-20-21-22-23-24-25-26-27-28-29-30(31)32;4-1-3(6)2-5/h2-29H2,1H3,(H,31,32);3-6H,1-2H2. The third-order valence-corrected chi connectivity index (χ3v) is 7.42. The highest BCUT2D eigenvalue weighted by Gasteiger charge is 1.98. The lowest BCUT2D eigenvalue weighted by molar-refractivity contribution is -0.137. The van der Waals surface area contributed by atoms with Crippen LogP contribution >= 0.6 is 0 Å². The molecule has 0 radical (unpaired) electrons. The van der Waals surface area contributed by atoms with E-state index in [9.17, 15) is 4.79 Å². The second-order valence-electron chi connectivity index (χ2n) is 11.4. The number of unbranched alkanes of at least 4 members (excludes halogenated alkanes) is 26. The first kappa shape index (κ1) is 39.5. The van der Waals surface area contributed by atoms with Crippen molar-refractivity contribution in [1.29, 1.82) is 0 Å². The molecule has 0 saturated heterocycles. The van der Waals surface area contributed by atoms with Crippen molar-refractivity contribution in [3.05, 3.63) is 0 Å². The molecule has 4 N–H and O–H groups in total. The normalized spacial score (nSPS) is 11.1. The number of aliphatic carboxylic acids is 1. The summed E-state index contributed by atoms with van der Waals surface area (Å²) in [5.41, 5.74) is 0. The Kier molecular flexibility index (Phi) is 37.8. The van der Waals surface area contributed by atoms with Crippen LogP contribution < -0.4 is 0 Å². The van der Waals surface area contributed by atoms with E-state index in [0.717, 1.165) is 12.8 Å². The fourth-order valence-corrected chi connectivity index (χ4v) is 4.83. The van der Waals surface area contributed by atoms with Gasteiger partial charge in [0.25, 0.3) is 0 Å². The van der Waals surface area contributed by atoms with Gasteiger partial charge in [-0.15, -0.1) is 0 Å². The number of carbonyl (C=O) groups is 1. The number of rotatable bonds is 30. The average molecular weight is 545 g/mol. The van der Waals surface area contributed by atoms with Crippen molar-refractivity contribution in [2.24, 2.45) is 0 Å². The predicted molar refractivity (Wildman–Crippen MR) is 163 cm³/mol. The van der Waals surface area contributed by atoms with Gasteiger partial charge in [-0.1, -0.05) is 174 Å². The van der Waals surface area contributed by atoms with E-state index < -0.39 is 12.1 Å². The minimum atomic E-state index is -0.954. The molecule has 0 bridgehead atoms. The summed E-state index contributed by atoms with van der Waals surface area (Å²) in [5.74, 6) is -0.649. The second-order valence-corrected chi connectivity index (χ2v) is 11.4. The summed E-state index contributed by atoms with van der Waals surface area (Å²) in [7, 11) is 0. The van der Waals surface area contributed by atoms with E-state index in [1.54, 1.807) is 0 Å². The second kappa shape index (κ2) is 36.4. The maximum absolute atomic E-state index is 10.4. The van der Waals surface area contributed by atoms with Gasteiger partial charge in [0.2, 0.25) is 0 Å². The Bertz CT molecular complexity index is 426. The van der Waals surface area contributed by atoms with Crippen LogP contribution in [0.1, 0.15) is 187 Å². The molecule has 0 atom stereocenters. The predicted octanol–water partition coefficient (Wildman–Crippen LogP) is 9.35. The lowest BCUT2D eigenvalue weighted by Gasteiger charge is -2.04. The van der Waals surface area contributed by atoms with E-state index in [0.29, 0.717) is 6.42 Å². The first-order valence-corrected chi connectivity index (χ1v) is 16.7. The van der Waals surface area contributed by atoms with Gasteiger partial charge >= 0.3 is 5.97 Å². The van der Waals surface area contributed by atoms with Gasteiger partial charge in [-0.05, 0) is 6.42 Å². The number of aliphatic hydroxyl groups is 3. The molecule has 0 saturated carbocycles. The van der Waals surface area contributed by atoms with E-state index in [4.69, 9.17) is 20.4 Å². The summed E-state index contributed by atoms with van der Waals surface area (Å²) in [4.78, 5) is 10.4. The van der Waals surface area contributed by atoms with Gasteiger partial charge in [0.1, 0.15) is 6.10 Å². The summed E-state index contributed by atoms with van der Waals surface area (Å²) < 4.78 is 0. The highest BCUT2D eigenvalue weighted by atomic mass is 16.4. The molecule has 0 amide bonds. The van der Waals surface area contributed by atoms with E-state index >= 15 is 0 Å². The van der Waals surface area contributed by atoms with Crippen LogP contribution in [0.15, 0.2) is 0 Å². The van der Waals surface area contributed by atoms with Crippen LogP contribution in [0.25, 0.3) is 0 Å². The van der Waals surface area contributed by atoms with Gasteiger partial charge in [0, 0.05) is 6.42 Å². The first-order valence-electron chi connectivity index (χ1n) is 16.7. The van der Waals surface area contributed by atoms with Crippen molar-refractivity contribution >= 4 is 5.97 Å². The van der Waals surface area contributed by atoms with Crippen LogP contribution in [0.3, 0.4) is 0 Å². The third kappa shape index (κ3) is 39.9. The average Bonchev–Trinajstić information content (AvgIpc) is 2.92. The lowest BCUT2D eigenvalue weighted by atomic mass is 10.0. The van der Waals surface area contributed by atoms with E-state index in [-0.39, 0.29) is 13.2 Å². The Labute approximate surface area is 237 Å². The summed E-state index contributed by atoms with van der Waals surface area (Å²) in [6.45, 7) is 1.57. The zero-order valence-corrected chi connectivity index (χ0v) is 25.5. The van der Waals surface area contributed by atoms with Crippen molar-refractivity contribution < 1.29 is 25.2 Å². The number of carboxylic acids is 1. The Morgan fingerprint density at radius 2 is 0.658 bits per heavy atom. The molecule has 0 fully saturated rings. The van der Waals surface area contributed by atoms with Crippen LogP contribution in [-0.2, 0) is 4.79 Å². The quantitative estimate of drug-likeness (QED) is 0.0675. The summed E-state index contributed by atoms with van der Waals surface area (Å²) in [6, 6.07) is 0. The van der Waals surface area contributed by atoms with Crippen molar-refractivity contribution in [2.45, 2.75) is 193 Å². The summed E-state index contributed by atoms with van der Waals surface area (Å²) >= 11 is 0. The van der Waals surface area contributed by atoms with Gasteiger partial charge < -0.3 is 20.4 Å². The van der Waals surface area contributed by atoms with Crippen molar-refractivity contribution in [3.63, 3.8) is 0 Å². The molecule has 0 heterocycles. The molecule has 0 aliphatic rings. The maximum Gasteiger partial charge on any atom is 0.303 e. The Balaban J connectivity index is 0. The molecule has 0 unspecified atom stereocenters. The van der Waals surface area contributed by atoms with Gasteiger partial charge in [-0.3, -0.25) is 4.79 Å². The Morgan fingerprint density at radius 1 is 0.447 bits per heavy atom. The summed E-state index contributed by atoms with van der Waals surface area (Å²) in [5, 5.41) is 32.6. The Hall–Kier alpha value is -0.650. The monoisotopic (exact) mass is 545 g/mol. The highest BCUT2D eigenvalue weighted by molar-refractivity contribution is 5.66. The smallest absolute Gasteiger partial charge is 0.303 e. The molecule has 0 spiro atoms. The minimum absolute atomic E-state index is 0.347. The molecule has 0 aliphatic carbocycles. The SMILES string of the molecule is CCCCCCCCCCCCCCCCCCCCCCCCCCCCCC(=O)O.OCC(O)CO. The molecule has 0 aromatic heterocycles. The van der Waals surface area contributed by atoms with Crippen molar-refractivity contribution in [2.75, 3.05) is 13.2 Å². The number of aliphatic hydroxyl groups excluding tert-OH is 3. The molecule has 0 aromatic rings. The first-order chi connectivity index (χ1) is 18.6. The topological polar surface area (TPSA) is 98.0 Å². The molecule has 0 aliphatic heterocycles. The molecule has 0 rings (SSSR count). The van der Waals surface area contributed by atoms with Crippen LogP contribution in [-0.4, -0.2) is 45.7 Å². The molecule has 5 nitrogen and oxygen atoms in total. The molecule has 0 aromatic carbocycles. The van der Waals surface area contributed by atoms with Crippen molar-refractivity contribution in [1.82, 2.24) is 0 Å². The van der Waals surface area contributed by atoms with Crippen LogP contribution in [0.5, 0.6) is 0 Å². The molecular weight excluding hydrogens is 476 g/mol. The minimum Gasteiger partial charge on any atom is -0.481 e. The molecule has 5 heteroatoms. The Morgan fingerprint density at radius 3 is 0.816 bits per heavy atom. The van der Waals surface area contributed by atoms with Gasteiger partial charge in [0.15, 0.2) is 0 Å².